The average Bonchev–Trinajstić information content (AvgIpc) is 2.71. The van der Waals surface area contributed by atoms with Crippen LogP contribution in [0.2, 0.25) is 5.02 Å². The summed E-state index contributed by atoms with van der Waals surface area (Å²) >= 11 is 5.85. The second-order valence-corrected chi connectivity index (χ2v) is 7.40. The molecular formula is C19H16ClF5N4O2. The molecule has 0 aliphatic carbocycles. The van der Waals surface area contributed by atoms with Crippen molar-refractivity contribution in [2.24, 2.45) is 5.73 Å². The van der Waals surface area contributed by atoms with Crippen molar-refractivity contribution in [2.75, 3.05) is 19.8 Å². The molecule has 6 nitrogen and oxygen atoms in total. The molecule has 3 N–H and O–H groups in total. The van der Waals surface area contributed by atoms with Crippen LogP contribution >= 0.6 is 11.6 Å². The molecule has 1 fully saturated rings. The van der Waals surface area contributed by atoms with E-state index >= 15 is 0 Å². The Kier molecular flexibility index (Phi) is 6.08. The second kappa shape index (κ2) is 8.29. The molecule has 3 rings (SSSR count). The number of carbonyl (C=O) groups is 2. The van der Waals surface area contributed by atoms with Gasteiger partial charge in [-0.05, 0) is 29.8 Å². The van der Waals surface area contributed by atoms with E-state index in [0.29, 0.717) is 0 Å². The van der Waals surface area contributed by atoms with Crippen molar-refractivity contribution in [3.63, 3.8) is 0 Å². The number of aromatic nitrogens is 1. The first-order valence-corrected chi connectivity index (χ1v) is 9.26. The van der Waals surface area contributed by atoms with Gasteiger partial charge in [0.15, 0.2) is 0 Å². The number of halogens is 6. The van der Waals surface area contributed by atoms with E-state index in [2.05, 4.69) is 10.3 Å². The van der Waals surface area contributed by atoms with Crippen LogP contribution in [0.15, 0.2) is 36.4 Å². The molecular weight excluding hydrogens is 447 g/mol. The maximum Gasteiger partial charge on any atom is 0.433 e. The van der Waals surface area contributed by atoms with Crippen molar-refractivity contribution in [3.05, 3.63) is 64.2 Å². The minimum atomic E-state index is -4.80. The zero-order valence-corrected chi connectivity index (χ0v) is 16.5. The van der Waals surface area contributed by atoms with Crippen LogP contribution in [0.5, 0.6) is 0 Å². The first-order chi connectivity index (χ1) is 14.5. The molecule has 2 atom stereocenters. The minimum absolute atomic E-state index is 0.0817. The fourth-order valence-corrected chi connectivity index (χ4v) is 3.86. The Balaban J connectivity index is 2.28. The smallest absolute Gasteiger partial charge is 0.352 e. The maximum atomic E-state index is 14.6. The quantitative estimate of drug-likeness (QED) is 0.684. The number of amides is 3. The van der Waals surface area contributed by atoms with Crippen molar-refractivity contribution in [3.8, 4) is 0 Å². The standard InChI is InChI=1S/C19H16ClF5N4O2/c20-11-6-10(4-5-12(11)22)16(13-2-1-3-14(28-13)19(23,24)25)18(8-21)9-27-15(30)7-29(18)17(26)31/h1-6,16H,7-9H2,(H2,26,31)(H,27,30)/t16-,18?/m0/s1. The van der Waals surface area contributed by atoms with Gasteiger partial charge in [-0.25, -0.2) is 18.6 Å². The van der Waals surface area contributed by atoms with E-state index in [1.54, 1.807) is 0 Å². The zero-order chi connectivity index (χ0) is 23.0. The summed E-state index contributed by atoms with van der Waals surface area (Å²) in [6.45, 7) is -2.39. The number of urea groups is 1. The number of nitrogens with one attached hydrogen (secondary N) is 1. The van der Waals surface area contributed by atoms with Crippen LogP contribution in [0.1, 0.15) is 22.9 Å². The Bertz CT molecular complexity index is 1020. The largest absolute Gasteiger partial charge is 0.433 e. The van der Waals surface area contributed by atoms with E-state index in [9.17, 15) is 31.5 Å². The summed E-state index contributed by atoms with van der Waals surface area (Å²) in [4.78, 5) is 28.3. The van der Waals surface area contributed by atoms with Crippen molar-refractivity contribution < 1.29 is 31.5 Å². The van der Waals surface area contributed by atoms with E-state index in [0.717, 1.165) is 29.2 Å². The number of hydrogen-bond donors (Lipinski definition) is 2. The topological polar surface area (TPSA) is 88.3 Å². The molecule has 1 aromatic carbocycles. The van der Waals surface area contributed by atoms with Gasteiger partial charge < -0.3 is 16.0 Å². The number of piperazine rings is 1. The van der Waals surface area contributed by atoms with Gasteiger partial charge in [0, 0.05) is 6.54 Å². The predicted octanol–water partition coefficient (Wildman–Crippen LogP) is 3.24. The van der Waals surface area contributed by atoms with Crippen LogP contribution < -0.4 is 11.1 Å². The molecule has 31 heavy (non-hydrogen) atoms. The molecule has 0 bridgehead atoms. The van der Waals surface area contributed by atoms with Gasteiger partial charge in [0.25, 0.3) is 0 Å². The number of nitrogens with zero attached hydrogens (tertiary/aromatic N) is 2. The Morgan fingerprint density at radius 3 is 2.61 bits per heavy atom. The molecule has 1 aliphatic heterocycles. The summed E-state index contributed by atoms with van der Waals surface area (Å²) in [7, 11) is 0. The summed E-state index contributed by atoms with van der Waals surface area (Å²) in [6, 6.07) is 5.12. The summed E-state index contributed by atoms with van der Waals surface area (Å²) < 4.78 is 68.2. The first kappa shape index (κ1) is 22.7. The van der Waals surface area contributed by atoms with Crippen molar-refractivity contribution in [1.82, 2.24) is 15.2 Å². The normalized spacial score (nSPS) is 20.3. The highest BCUT2D eigenvalue weighted by molar-refractivity contribution is 6.30. The first-order valence-electron chi connectivity index (χ1n) is 8.88. The molecule has 12 heteroatoms. The Hall–Kier alpha value is -2.95. The van der Waals surface area contributed by atoms with Crippen LogP contribution in [0.25, 0.3) is 0 Å². The van der Waals surface area contributed by atoms with Crippen LogP contribution in [0.4, 0.5) is 26.7 Å². The summed E-state index contributed by atoms with van der Waals surface area (Å²) in [6.07, 6.45) is -4.80. The molecule has 0 spiro atoms. The number of alkyl halides is 4. The fraction of sp³-hybridized carbons (Fsp3) is 0.316. The van der Waals surface area contributed by atoms with Crippen LogP contribution in [-0.2, 0) is 11.0 Å². The third-order valence-electron chi connectivity index (χ3n) is 5.10. The number of carbonyl (C=O) groups excluding carboxylic acids is 2. The minimum Gasteiger partial charge on any atom is -0.352 e. The van der Waals surface area contributed by atoms with E-state index in [1.807, 2.05) is 0 Å². The second-order valence-electron chi connectivity index (χ2n) is 6.99. The van der Waals surface area contributed by atoms with Crippen LogP contribution in [0.3, 0.4) is 0 Å². The number of pyridine rings is 1. The van der Waals surface area contributed by atoms with Gasteiger partial charge in [-0.3, -0.25) is 4.79 Å². The predicted molar refractivity (Wildman–Crippen MR) is 100 cm³/mol. The number of nitrogens with two attached hydrogens (primary N) is 1. The average molecular weight is 463 g/mol. The summed E-state index contributed by atoms with van der Waals surface area (Å²) in [5.41, 5.74) is 2.02. The van der Waals surface area contributed by atoms with Gasteiger partial charge in [0.1, 0.15) is 30.3 Å². The molecule has 0 radical (unpaired) electrons. The van der Waals surface area contributed by atoms with E-state index in [4.69, 9.17) is 17.3 Å². The lowest BCUT2D eigenvalue weighted by Crippen LogP contribution is -2.69. The Morgan fingerprint density at radius 1 is 1.32 bits per heavy atom. The van der Waals surface area contributed by atoms with Crippen LogP contribution in [-0.4, -0.2) is 47.1 Å². The lowest BCUT2D eigenvalue weighted by Gasteiger charge is -2.48. The maximum absolute atomic E-state index is 14.6. The van der Waals surface area contributed by atoms with Gasteiger partial charge in [-0.15, -0.1) is 0 Å². The molecule has 1 aliphatic rings. The third-order valence-corrected chi connectivity index (χ3v) is 5.39. The molecule has 3 amide bonds. The molecule has 2 heterocycles. The van der Waals surface area contributed by atoms with Crippen molar-refractivity contribution in [2.45, 2.75) is 17.6 Å². The number of primary amides is 1. The number of benzene rings is 1. The van der Waals surface area contributed by atoms with Crippen molar-refractivity contribution in [1.29, 1.82) is 0 Å². The fourth-order valence-electron chi connectivity index (χ4n) is 3.67. The van der Waals surface area contributed by atoms with Crippen molar-refractivity contribution >= 4 is 23.5 Å². The van der Waals surface area contributed by atoms with Gasteiger partial charge >= 0.3 is 12.2 Å². The monoisotopic (exact) mass is 462 g/mol. The highest BCUT2D eigenvalue weighted by atomic mass is 35.5. The zero-order valence-electron chi connectivity index (χ0n) is 15.7. The van der Waals surface area contributed by atoms with Gasteiger partial charge in [-0.1, -0.05) is 23.7 Å². The SMILES string of the molecule is NC(=O)N1CC(=O)NCC1(CF)[C@@H](c1ccc(F)c(Cl)c1)c1cccc(C(F)(F)F)n1. The summed E-state index contributed by atoms with van der Waals surface area (Å²) in [5, 5.41) is 2.05. The van der Waals surface area contributed by atoms with Gasteiger partial charge in [0.2, 0.25) is 5.91 Å². The molecule has 166 valence electrons. The summed E-state index contributed by atoms with van der Waals surface area (Å²) in [5.74, 6) is -2.80. The van der Waals surface area contributed by atoms with Gasteiger partial charge in [0.05, 0.1) is 16.6 Å². The molecule has 0 saturated carbocycles. The number of rotatable bonds is 4. The van der Waals surface area contributed by atoms with E-state index in [1.165, 1.54) is 12.1 Å². The van der Waals surface area contributed by atoms with E-state index < -0.39 is 60.8 Å². The molecule has 1 aromatic heterocycles. The number of hydrogen-bond acceptors (Lipinski definition) is 3. The highest BCUT2D eigenvalue weighted by Gasteiger charge is 2.51. The van der Waals surface area contributed by atoms with Crippen LogP contribution in [0, 0.1) is 5.82 Å². The highest BCUT2D eigenvalue weighted by Crippen LogP contribution is 2.41. The van der Waals surface area contributed by atoms with Gasteiger partial charge in [-0.2, -0.15) is 13.2 Å². The lowest BCUT2D eigenvalue weighted by atomic mass is 9.75. The molecule has 2 aromatic rings. The Morgan fingerprint density at radius 2 is 2.03 bits per heavy atom. The lowest BCUT2D eigenvalue weighted by molar-refractivity contribution is -0.141. The molecule has 1 saturated heterocycles. The van der Waals surface area contributed by atoms with E-state index in [-0.39, 0.29) is 16.3 Å². The molecule has 1 unspecified atom stereocenters. The third kappa shape index (κ3) is 4.27. The Labute approximate surface area is 178 Å².